The second-order valence-electron chi connectivity index (χ2n) is 6.64. The van der Waals surface area contributed by atoms with Crippen molar-refractivity contribution < 1.29 is 17.6 Å². The summed E-state index contributed by atoms with van der Waals surface area (Å²) in [6, 6.07) is 10.4. The predicted octanol–water partition coefficient (Wildman–Crippen LogP) is 3.01. The number of anilines is 1. The Balaban J connectivity index is 1.51. The summed E-state index contributed by atoms with van der Waals surface area (Å²) in [7, 11) is -3.64. The fourth-order valence-corrected chi connectivity index (χ4v) is 4.92. The molecule has 4 rings (SSSR count). The van der Waals surface area contributed by atoms with E-state index >= 15 is 0 Å². The molecule has 2 N–H and O–H groups in total. The van der Waals surface area contributed by atoms with Crippen molar-refractivity contribution in [1.82, 2.24) is 14.5 Å². The van der Waals surface area contributed by atoms with Gasteiger partial charge < -0.3 is 9.73 Å². The van der Waals surface area contributed by atoms with Gasteiger partial charge in [0.25, 0.3) is 5.91 Å². The molecule has 1 aromatic carbocycles. The van der Waals surface area contributed by atoms with Crippen molar-refractivity contribution in [3.05, 3.63) is 54.1 Å². The normalized spacial score (nSPS) is 15.0. The van der Waals surface area contributed by atoms with Crippen molar-refractivity contribution in [2.75, 3.05) is 18.4 Å². The van der Waals surface area contributed by atoms with Gasteiger partial charge in [-0.2, -0.15) is 9.40 Å². The van der Waals surface area contributed by atoms with Crippen LogP contribution in [0.15, 0.2) is 51.9 Å². The van der Waals surface area contributed by atoms with Crippen LogP contribution in [-0.2, 0) is 10.0 Å². The summed E-state index contributed by atoms with van der Waals surface area (Å²) >= 11 is 0. The summed E-state index contributed by atoms with van der Waals surface area (Å²) < 4.78 is 32.3. The molecule has 0 spiro atoms. The van der Waals surface area contributed by atoms with Crippen LogP contribution in [0.1, 0.15) is 29.2 Å². The number of aromatic amines is 1. The lowest BCUT2D eigenvalue weighted by molar-refractivity contribution is 0.0995. The maximum atomic E-state index is 12.7. The van der Waals surface area contributed by atoms with E-state index in [1.54, 1.807) is 25.3 Å². The van der Waals surface area contributed by atoms with Crippen LogP contribution in [0.2, 0.25) is 0 Å². The highest BCUT2D eigenvalue weighted by Gasteiger charge is 2.31. The van der Waals surface area contributed by atoms with E-state index in [1.165, 1.54) is 10.4 Å². The van der Waals surface area contributed by atoms with Crippen molar-refractivity contribution >= 4 is 21.6 Å². The lowest BCUT2D eigenvalue weighted by atomic mass is 10.1. The van der Waals surface area contributed by atoms with E-state index in [9.17, 15) is 13.2 Å². The lowest BCUT2D eigenvalue weighted by Gasteiger charge is -2.14. The summed E-state index contributed by atoms with van der Waals surface area (Å²) in [5.74, 6) is -0.320. The molecule has 146 valence electrons. The van der Waals surface area contributed by atoms with Crippen LogP contribution in [0, 0.1) is 6.92 Å². The molecule has 1 aliphatic rings. The first-order valence-corrected chi connectivity index (χ1v) is 10.4. The highest BCUT2D eigenvalue weighted by atomic mass is 32.2. The molecule has 0 radical (unpaired) electrons. The second-order valence-corrected chi connectivity index (χ2v) is 8.55. The average Bonchev–Trinajstić information content (AvgIpc) is 3.44. The molecule has 0 atom stereocenters. The van der Waals surface area contributed by atoms with E-state index < -0.39 is 15.9 Å². The molecule has 8 nitrogen and oxygen atoms in total. The van der Waals surface area contributed by atoms with Crippen LogP contribution in [0.5, 0.6) is 0 Å². The van der Waals surface area contributed by atoms with Gasteiger partial charge in [0, 0.05) is 31.0 Å². The number of nitrogens with zero attached hydrogens (tertiary/aromatic N) is 2. The van der Waals surface area contributed by atoms with Gasteiger partial charge in [-0.15, -0.1) is 0 Å². The minimum Gasteiger partial charge on any atom is -0.455 e. The zero-order valence-electron chi connectivity index (χ0n) is 15.3. The fraction of sp³-hybridized carbons (Fsp3) is 0.263. The van der Waals surface area contributed by atoms with Gasteiger partial charge in [0.15, 0.2) is 5.76 Å². The fourth-order valence-electron chi connectivity index (χ4n) is 3.24. The molecule has 0 saturated carbocycles. The zero-order chi connectivity index (χ0) is 19.7. The van der Waals surface area contributed by atoms with Gasteiger partial charge in [-0.05, 0) is 43.5 Å². The van der Waals surface area contributed by atoms with E-state index in [2.05, 4.69) is 15.5 Å². The van der Waals surface area contributed by atoms with E-state index in [1.807, 2.05) is 18.2 Å². The molecule has 1 fully saturated rings. The van der Waals surface area contributed by atoms with E-state index in [-0.39, 0.29) is 16.4 Å². The van der Waals surface area contributed by atoms with Gasteiger partial charge in [-0.3, -0.25) is 9.89 Å². The third-order valence-corrected chi connectivity index (χ3v) is 6.74. The van der Waals surface area contributed by atoms with Gasteiger partial charge in [0.2, 0.25) is 10.0 Å². The highest BCUT2D eigenvalue weighted by molar-refractivity contribution is 7.89. The van der Waals surface area contributed by atoms with Gasteiger partial charge in [-0.25, -0.2) is 8.42 Å². The van der Waals surface area contributed by atoms with Crippen LogP contribution in [0.3, 0.4) is 0 Å². The van der Waals surface area contributed by atoms with E-state index in [0.717, 1.165) is 24.1 Å². The Morgan fingerprint density at radius 2 is 1.89 bits per heavy atom. The average molecular weight is 400 g/mol. The van der Waals surface area contributed by atoms with Crippen molar-refractivity contribution in [3.8, 4) is 11.3 Å². The first-order chi connectivity index (χ1) is 13.4. The molecule has 1 amide bonds. The number of hydrogen-bond acceptors (Lipinski definition) is 5. The Morgan fingerprint density at radius 3 is 2.54 bits per heavy atom. The minimum atomic E-state index is -3.64. The quantitative estimate of drug-likeness (QED) is 0.684. The monoisotopic (exact) mass is 400 g/mol. The van der Waals surface area contributed by atoms with Crippen LogP contribution in [0.4, 0.5) is 5.69 Å². The van der Waals surface area contributed by atoms with Crippen molar-refractivity contribution in [2.45, 2.75) is 24.7 Å². The molecular formula is C19H20N4O4S. The Hall–Kier alpha value is -2.91. The first-order valence-electron chi connectivity index (χ1n) is 8.97. The zero-order valence-corrected chi connectivity index (χ0v) is 16.1. The number of benzene rings is 1. The Bertz CT molecular complexity index is 1080. The molecule has 0 bridgehead atoms. The molecule has 3 heterocycles. The summed E-state index contributed by atoms with van der Waals surface area (Å²) in [5.41, 5.74) is 2.38. The van der Waals surface area contributed by atoms with Gasteiger partial charge >= 0.3 is 0 Å². The number of carbonyl (C=O) groups is 1. The Morgan fingerprint density at radius 1 is 1.18 bits per heavy atom. The number of nitrogens with one attached hydrogen (secondary N) is 2. The molecule has 28 heavy (non-hydrogen) atoms. The van der Waals surface area contributed by atoms with Gasteiger partial charge in [0.05, 0.1) is 5.69 Å². The molecule has 1 aliphatic heterocycles. The summed E-state index contributed by atoms with van der Waals surface area (Å²) in [4.78, 5) is 12.6. The smallest absolute Gasteiger partial charge is 0.291 e. The summed E-state index contributed by atoms with van der Waals surface area (Å²) in [6.07, 6.45) is 3.36. The van der Waals surface area contributed by atoms with Crippen molar-refractivity contribution in [3.63, 3.8) is 0 Å². The lowest BCUT2D eigenvalue weighted by Crippen LogP contribution is -2.28. The number of H-pyrrole nitrogens is 1. The van der Waals surface area contributed by atoms with Crippen LogP contribution in [0.25, 0.3) is 11.3 Å². The molecule has 0 aliphatic carbocycles. The number of amides is 1. The Kier molecular flexibility index (Phi) is 4.78. The van der Waals surface area contributed by atoms with Crippen molar-refractivity contribution in [2.24, 2.45) is 0 Å². The number of hydrogen-bond donors (Lipinski definition) is 2. The van der Waals surface area contributed by atoms with Crippen molar-refractivity contribution in [1.29, 1.82) is 0 Å². The molecule has 2 aromatic heterocycles. The SMILES string of the molecule is Cc1oc(C(=O)Nc2ccc(-c3ccn[nH]3)cc2)cc1S(=O)(=O)N1CCCC1. The standard InChI is InChI=1S/C19H20N4O4S/c1-13-18(28(25,26)23-10-2-3-11-23)12-17(27-13)19(24)21-15-6-4-14(5-7-15)16-8-9-20-22-16/h4-9,12H,2-3,10-11H2,1H3,(H,20,22)(H,21,24). The number of aromatic nitrogens is 2. The van der Waals surface area contributed by atoms with Gasteiger partial charge in [0.1, 0.15) is 10.7 Å². The largest absolute Gasteiger partial charge is 0.455 e. The maximum Gasteiger partial charge on any atom is 0.291 e. The number of aryl methyl sites for hydroxylation is 1. The third kappa shape index (κ3) is 3.46. The second kappa shape index (κ2) is 7.25. The predicted molar refractivity (Wildman–Crippen MR) is 103 cm³/mol. The Labute approximate surface area is 162 Å². The van der Waals surface area contributed by atoms with Crippen LogP contribution >= 0.6 is 0 Å². The molecule has 0 unspecified atom stereocenters. The number of rotatable bonds is 5. The van der Waals surface area contributed by atoms with E-state index in [0.29, 0.717) is 18.8 Å². The minimum absolute atomic E-state index is 0.0343. The molecule has 3 aromatic rings. The number of furan rings is 1. The van der Waals surface area contributed by atoms with Gasteiger partial charge in [-0.1, -0.05) is 12.1 Å². The van der Waals surface area contributed by atoms with Crippen LogP contribution < -0.4 is 5.32 Å². The highest BCUT2D eigenvalue weighted by Crippen LogP contribution is 2.27. The topological polar surface area (TPSA) is 108 Å². The maximum absolute atomic E-state index is 12.7. The number of sulfonamides is 1. The van der Waals surface area contributed by atoms with E-state index in [4.69, 9.17) is 4.42 Å². The van der Waals surface area contributed by atoms with Crippen LogP contribution in [-0.4, -0.2) is 41.9 Å². The summed E-state index contributed by atoms with van der Waals surface area (Å²) in [6.45, 7) is 2.55. The molecule has 1 saturated heterocycles. The molecule has 9 heteroatoms. The summed E-state index contributed by atoms with van der Waals surface area (Å²) in [5, 5.41) is 9.51. The number of carbonyl (C=O) groups excluding carboxylic acids is 1. The third-order valence-electron chi connectivity index (χ3n) is 4.73. The molecular weight excluding hydrogens is 380 g/mol. The first kappa shape index (κ1) is 18.5.